The fourth-order valence-corrected chi connectivity index (χ4v) is 3.97. The fraction of sp³-hybridized carbons (Fsp3) is 0.235. The van der Waals surface area contributed by atoms with Gasteiger partial charge >= 0.3 is 6.18 Å². The van der Waals surface area contributed by atoms with Gasteiger partial charge in [-0.15, -0.1) is 0 Å². The van der Waals surface area contributed by atoms with Crippen LogP contribution >= 0.6 is 11.3 Å². The van der Waals surface area contributed by atoms with Crippen LogP contribution in [0, 0.1) is 0 Å². The summed E-state index contributed by atoms with van der Waals surface area (Å²) in [6.45, 7) is 3.09. The lowest BCUT2D eigenvalue weighted by molar-refractivity contribution is -0.141. The van der Waals surface area contributed by atoms with Crippen LogP contribution in [0.15, 0.2) is 36.7 Å². The number of nitrogens with one attached hydrogen (secondary N) is 2. The van der Waals surface area contributed by atoms with Crippen molar-refractivity contribution in [3.05, 3.63) is 42.4 Å². The third-order valence-corrected chi connectivity index (χ3v) is 6.61. The summed E-state index contributed by atoms with van der Waals surface area (Å²) in [5, 5.41) is 2.26. The van der Waals surface area contributed by atoms with E-state index in [1.165, 1.54) is 12.3 Å². The maximum atomic E-state index is 12.8. The first kappa shape index (κ1) is 21.8. The average molecular weight is 458 g/mol. The summed E-state index contributed by atoms with van der Waals surface area (Å²) < 4.78 is 64.9. The molecule has 160 valence electrons. The van der Waals surface area contributed by atoms with E-state index in [1.807, 2.05) is 0 Å². The van der Waals surface area contributed by atoms with E-state index in [0.29, 0.717) is 21.8 Å². The van der Waals surface area contributed by atoms with E-state index in [1.54, 1.807) is 26.0 Å². The monoisotopic (exact) mass is 458 g/mol. The molecular formula is C17H17F3N6O2S2. The minimum Gasteiger partial charge on any atom is -0.399 e. The Kier molecular flexibility index (Phi) is 5.85. The van der Waals surface area contributed by atoms with Gasteiger partial charge in [-0.2, -0.15) is 13.2 Å². The molecule has 0 amide bonds. The summed E-state index contributed by atoms with van der Waals surface area (Å²) in [6, 6.07) is 5.53. The van der Waals surface area contributed by atoms with Crippen molar-refractivity contribution in [3.8, 4) is 10.4 Å². The number of thiazole rings is 1. The van der Waals surface area contributed by atoms with Crippen molar-refractivity contribution in [2.45, 2.75) is 25.3 Å². The number of rotatable bonds is 6. The van der Waals surface area contributed by atoms with E-state index in [9.17, 15) is 21.6 Å². The second kappa shape index (κ2) is 8.07. The molecule has 0 unspecified atom stereocenters. The minimum atomic E-state index is -4.59. The van der Waals surface area contributed by atoms with Crippen molar-refractivity contribution < 1.29 is 21.6 Å². The molecule has 0 saturated carbocycles. The molecule has 2 heterocycles. The van der Waals surface area contributed by atoms with Crippen molar-refractivity contribution in [1.82, 2.24) is 15.0 Å². The number of anilines is 4. The molecule has 0 spiro atoms. The number of hydrogen-bond donors (Lipinski definition) is 3. The van der Waals surface area contributed by atoms with Crippen LogP contribution in [0.3, 0.4) is 0 Å². The summed E-state index contributed by atoms with van der Waals surface area (Å²) >= 11 is 1.10. The molecule has 0 fully saturated rings. The van der Waals surface area contributed by atoms with Crippen molar-refractivity contribution in [2.24, 2.45) is 0 Å². The third-order valence-electron chi connectivity index (χ3n) is 3.80. The zero-order chi connectivity index (χ0) is 22.1. The predicted molar refractivity (Wildman–Crippen MR) is 110 cm³/mol. The van der Waals surface area contributed by atoms with Crippen LogP contribution in [0.25, 0.3) is 10.4 Å². The Morgan fingerprint density at radius 1 is 1.17 bits per heavy atom. The Labute approximate surface area is 174 Å². The van der Waals surface area contributed by atoms with Crippen molar-refractivity contribution in [1.29, 1.82) is 0 Å². The number of nitrogens with zero attached hydrogens (tertiary/aromatic N) is 3. The van der Waals surface area contributed by atoms with E-state index < -0.39 is 27.1 Å². The number of aromatic nitrogens is 3. The molecule has 0 aliphatic carbocycles. The molecule has 3 aromatic rings. The molecule has 4 N–H and O–H groups in total. The predicted octanol–water partition coefficient (Wildman–Crippen LogP) is 4.09. The van der Waals surface area contributed by atoms with E-state index in [0.717, 1.165) is 23.6 Å². The first-order valence-corrected chi connectivity index (χ1v) is 10.9. The standard InChI is InChI=1S/C17H17F3N6O2S2/c1-9(2)30(27,28)26-16-23-8-13(29-16)10-5-11(21)7-12(6-10)24-15-22-4-3-14(25-15)17(18,19)20/h3-9H,21H2,1-2H3,(H,23,26)(H,22,24,25). The lowest BCUT2D eigenvalue weighted by Gasteiger charge is -2.10. The highest BCUT2D eigenvalue weighted by molar-refractivity contribution is 7.93. The summed E-state index contributed by atoms with van der Waals surface area (Å²) in [6.07, 6.45) is -2.12. The van der Waals surface area contributed by atoms with Crippen LogP contribution in [0.2, 0.25) is 0 Å². The quantitative estimate of drug-likeness (QED) is 0.475. The van der Waals surface area contributed by atoms with Crippen molar-refractivity contribution in [2.75, 3.05) is 15.8 Å². The van der Waals surface area contributed by atoms with Gasteiger partial charge in [-0.05, 0) is 43.7 Å². The number of benzene rings is 1. The molecule has 0 aliphatic rings. The largest absolute Gasteiger partial charge is 0.433 e. The Morgan fingerprint density at radius 3 is 2.57 bits per heavy atom. The molecule has 3 rings (SSSR count). The summed E-state index contributed by atoms with van der Waals surface area (Å²) in [4.78, 5) is 11.9. The molecule has 8 nitrogen and oxygen atoms in total. The molecule has 0 saturated heterocycles. The van der Waals surface area contributed by atoms with Crippen LogP contribution in [0.1, 0.15) is 19.5 Å². The van der Waals surface area contributed by atoms with Crippen LogP contribution in [-0.2, 0) is 16.2 Å². The molecule has 0 radical (unpaired) electrons. The van der Waals surface area contributed by atoms with Gasteiger partial charge in [-0.25, -0.2) is 23.4 Å². The Bertz CT molecular complexity index is 1160. The fourth-order valence-electron chi connectivity index (χ4n) is 2.27. The molecular weight excluding hydrogens is 441 g/mol. The molecule has 30 heavy (non-hydrogen) atoms. The van der Waals surface area contributed by atoms with Gasteiger partial charge in [0, 0.05) is 23.8 Å². The number of nitrogen functional groups attached to an aromatic ring is 1. The normalized spacial score (nSPS) is 12.2. The van der Waals surface area contributed by atoms with E-state index in [2.05, 4.69) is 25.0 Å². The number of halogens is 3. The van der Waals surface area contributed by atoms with E-state index >= 15 is 0 Å². The summed E-state index contributed by atoms with van der Waals surface area (Å²) in [5.74, 6) is -0.240. The first-order valence-electron chi connectivity index (χ1n) is 8.50. The van der Waals surface area contributed by atoms with Gasteiger partial charge in [-0.1, -0.05) is 11.3 Å². The Balaban J connectivity index is 1.86. The van der Waals surface area contributed by atoms with Crippen LogP contribution < -0.4 is 15.8 Å². The molecule has 13 heteroatoms. The molecule has 0 aliphatic heterocycles. The van der Waals surface area contributed by atoms with E-state index in [-0.39, 0.29) is 11.1 Å². The molecule has 2 aromatic heterocycles. The minimum absolute atomic E-state index is 0.192. The van der Waals surface area contributed by atoms with Gasteiger partial charge < -0.3 is 11.1 Å². The number of alkyl halides is 3. The van der Waals surface area contributed by atoms with Gasteiger partial charge in [0.2, 0.25) is 16.0 Å². The lowest BCUT2D eigenvalue weighted by atomic mass is 10.1. The maximum absolute atomic E-state index is 12.8. The summed E-state index contributed by atoms with van der Waals surface area (Å²) in [5.41, 5.74) is 6.12. The van der Waals surface area contributed by atoms with Gasteiger partial charge in [0.05, 0.1) is 10.1 Å². The maximum Gasteiger partial charge on any atom is 0.433 e. The van der Waals surface area contributed by atoms with Crippen LogP contribution in [0.4, 0.5) is 35.6 Å². The molecule has 0 atom stereocenters. The average Bonchev–Trinajstić information content (AvgIpc) is 3.08. The number of nitrogens with two attached hydrogens (primary N) is 1. The second-order valence-corrected chi connectivity index (χ2v) is 9.73. The smallest absolute Gasteiger partial charge is 0.399 e. The highest BCUT2D eigenvalue weighted by atomic mass is 32.2. The zero-order valence-corrected chi connectivity index (χ0v) is 17.4. The number of sulfonamides is 1. The summed E-state index contributed by atoms with van der Waals surface area (Å²) in [7, 11) is -3.54. The van der Waals surface area contributed by atoms with Crippen LogP contribution in [0.5, 0.6) is 0 Å². The number of hydrogen-bond acceptors (Lipinski definition) is 8. The lowest BCUT2D eigenvalue weighted by Crippen LogP contribution is -2.22. The van der Waals surface area contributed by atoms with Crippen molar-refractivity contribution in [3.63, 3.8) is 0 Å². The third kappa shape index (κ3) is 5.16. The Hall–Kier alpha value is -2.93. The SMILES string of the molecule is CC(C)S(=O)(=O)Nc1ncc(-c2cc(N)cc(Nc3nccc(C(F)(F)F)n3)c2)s1. The highest BCUT2D eigenvalue weighted by Gasteiger charge is 2.32. The van der Waals surface area contributed by atoms with Gasteiger partial charge in [-0.3, -0.25) is 4.72 Å². The van der Waals surface area contributed by atoms with Crippen molar-refractivity contribution >= 4 is 43.8 Å². The van der Waals surface area contributed by atoms with Crippen LogP contribution in [-0.4, -0.2) is 28.6 Å². The second-order valence-electron chi connectivity index (χ2n) is 6.46. The van der Waals surface area contributed by atoms with E-state index in [4.69, 9.17) is 5.73 Å². The van der Waals surface area contributed by atoms with Gasteiger partial charge in [0.15, 0.2) is 5.13 Å². The highest BCUT2D eigenvalue weighted by Crippen LogP contribution is 2.34. The van der Waals surface area contributed by atoms with Gasteiger partial charge in [0.1, 0.15) is 5.69 Å². The topological polar surface area (TPSA) is 123 Å². The molecule has 1 aromatic carbocycles. The Morgan fingerprint density at radius 2 is 1.90 bits per heavy atom. The van der Waals surface area contributed by atoms with Gasteiger partial charge in [0.25, 0.3) is 0 Å². The zero-order valence-electron chi connectivity index (χ0n) is 15.7. The molecule has 0 bridgehead atoms. The first-order chi connectivity index (χ1) is 13.9.